The summed E-state index contributed by atoms with van der Waals surface area (Å²) in [6.45, 7) is 3.09. The van der Waals surface area contributed by atoms with Crippen molar-refractivity contribution in [2.45, 2.75) is 50.9 Å². The van der Waals surface area contributed by atoms with Gasteiger partial charge in [-0.1, -0.05) is 26.2 Å². The molecule has 0 aliphatic carbocycles. The van der Waals surface area contributed by atoms with Gasteiger partial charge in [-0.3, -0.25) is 0 Å². The molecule has 0 saturated carbocycles. The molecule has 1 unspecified atom stereocenters. The molecule has 0 spiro atoms. The van der Waals surface area contributed by atoms with Crippen LogP contribution in [0.3, 0.4) is 0 Å². The van der Waals surface area contributed by atoms with Gasteiger partial charge in [0.05, 0.1) is 0 Å². The second-order valence-corrected chi connectivity index (χ2v) is 5.23. The molecule has 0 radical (unpaired) electrons. The van der Waals surface area contributed by atoms with Gasteiger partial charge in [-0.15, -0.1) is 0 Å². The SMILES string of the molecule is CCCCCCC(C)(O)S(=O)(=O)[O-].[Na+]. The minimum atomic E-state index is -4.58. The molecule has 0 aromatic carbocycles. The Labute approximate surface area is 108 Å². The summed E-state index contributed by atoms with van der Waals surface area (Å²) in [5.74, 6) is 0. The largest absolute Gasteiger partial charge is 1.00 e. The van der Waals surface area contributed by atoms with E-state index in [0.29, 0.717) is 6.42 Å². The third kappa shape index (κ3) is 6.37. The molecule has 0 aliphatic rings. The summed E-state index contributed by atoms with van der Waals surface area (Å²) in [6.07, 6.45) is 3.48. The third-order valence-corrected chi connectivity index (χ3v) is 3.31. The van der Waals surface area contributed by atoms with Gasteiger partial charge in [0.15, 0.2) is 4.93 Å². The van der Waals surface area contributed by atoms with Crippen molar-refractivity contribution >= 4 is 10.1 Å². The Hall–Kier alpha value is 0.870. The minimum Gasteiger partial charge on any atom is -0.746 e. The summed E-state index contributed by atoms with van der Waals surface area (Å²) in [7, 11) is -4.58. The zero-order chi connectivity index (χ0) is 10.5. The maximum atomic E-state index is 10.5. The van der Waals surface area contributed by atoms with E-state index in [4.69, 9.17) is 0 Å². The number of unbranched alkanes of at least 4 members (excludes halogenated alkanes) is 3. The molecule has 1 N–H and O–H groups in total. The molecule has 4 nitrogen and oxygen atoms in total. The Kier molecular flexibility index (Phi) is 8.87. The number of aliphatic hydroxyl groups is 1. The first-order valence-corrected chi connectivity index (χ1v) is 5.90. The van der Waals surface area contributed by atoms with Crippen molar-refractivity contribution in [2.24, 2.45) is 0 Å². The van der Waals surface area contributed by atoms with Gasteiger partial charge in [-0.25, -0.2) is 8.42 Å². The summed E-state index contributed by atoms with van der Waals surface area (Å²) in [5.41, 5.74) is 0. The number of hydrogen-bond acceptors (Lipinski definition) is 4. The van der Waals surface area contributed by atoms with Crippen LogP contribution in [0.5, 0.6) is 0 Å². The fourth-order valence-corrected chi connectivity index (χ4v) is 1.40. The van der Waals surface area contributed by atoms with Crippen LogP contribution in [0.15, 0.2) is 0 Å². The molecule has 0 fully saturated rings. The fraction of sp³-hybridized carbons (Fsp3) is 1.00. The summed E-state index contributed by atoms with van der Waals surface area (Å²) >= 11 is 0. The Morgan fingerprint density at radius 2 is 1.79 bits per heavy atom. The monoisotopic (exact) mass is 232 g/mol. The zero-order valence-corrected chi connectivity index (χ0v) is 11.9. The Bertz CT molecular complexity index is 236. The van der Waals surface area contributed by atoms with Crippen molar-refractivity contribution in [2.75, 3.05) is 0 Å². The van der Waals surface area contributed by atoms with Gasteiger partial charge in [-0.2, -0.15) is 0 Å². The molecule has 80 valence electrons. The van der Waals surface area contributed by atoms with Gasteiger partial charge in [0.1, 0.15) is 10.1 Å². The van der Waals surface area contributed by atoms with Crippen molar-refractivity contribution in [3.05, 3.63) is 0 Å². The van der Waals surface area contributed by atoms with E-state index in [1.165, 1.54) is 0 Å². The smallest absolute Gasteiger partial charge is 0.746 e. The summed E-state index contributed by atoms with van der Waals surface area (Å²) in [4.78, 5) is -2.10. The molecule has 0 saturated heterocycles. The summed E-state index contributed by atoms with van der Waals surface area (Å²) in [6, 6.07) is 0. The first-order valence-electron chi connectivity index (χ1n) is 4.49. The molecule has 0 aromatic rings. The Morgan fingerprint density at radius 1 is 1.29 bits per heavy atom. The van der Waals surface area contributed by atoms with E-state index in [9.17, 15) is 18.1 Å². The first kappa shape index (κ1) is 17.3. The van der Waals surface area contributed by atoms with Crippen molar-refractivity contribution in [1.29, 1.82) is 0 Å². The van der Waals surface area contributed by atoms with Gasteiger partial charge in [0, 0.05) is 0 Å². The summed E-state index contributed by atoms with van der Waals surface area (Å²) in [5, 5.41) is 9.25. The molecule has 0 amide bonds. The van der Waals surface area contributed by atoms with Crippen LogP contribution in [-0.2, 0) is 10.1 Å². The average molecular weight is 232 g/mol. The van der Waals surface area contributed by atoms with E-state index in [1.807, 2.05) is 6.92 Å². The molecule has 0 heterocycles. The van der Waals surface area contributed by atoms with Gasteiger partial charge in [-0.05, 0) is 19.8 Å². The Balaban J connectivity index is 0. The second-order valence-electron chi connectivity index (χ2n) is 3.44. The van der Waals surface area contributed by atoms with Crippen LogP contribution in [0, 0.1) is 0 Å². The molecule has 0 aliphatic heterocycles. The van der Waals surface area contributed by atoms with E-state index >= 15 is 0 Å². The predicted octanol–water partition coefficient (Wildman–Crippen LogP) is -1.79. The van der Waals surface area contributed by atoms with Crippen LogP contribution >= 0.6 is 0 Å². The normalized spacial score (nSPS) is 15.7. The zero-order valence-electron chi connectivity index (χ0n) is 9.12. The van der Waals surface area contributed by atoms with E-state index in [-0.39, 0.29) is 36.0 Å². The topological polar surface area (TPSA) is 77.4 Å². The molecular formula is C8H17NaO4S. The number of rotatable bonds is 6. The van der Waals surface area contributed by atoms with Crippen LogP contribution in [0.1, 0.15) is 46.0 Å². The van der Waals surface area contributed by atoms with Gasteiger partial charge >= 0.3 is 29.6 Å². The molecule has 14 heavy (non-hydrogen) atoms. The molecule has 0 rings (SSSR count). The molecule has 1 atom stereocenters. The van der Waals surface area contributed by atoms with Gasteiger partial charge < -0.3 is 9.66 Å². The summed E-state index contributed by atoms with van der Waals surface area (Å²) < 4.78 is 31.5. The molecule has 6 heteroatoms. The quantitative estimate of drug-likeness (QED) is 0.333. The Morgan fingerprint density at radius 3 is 2.14 bits per heavy atom. The van der Waals surface area contributed by atoms with E-state index < -0.39 is 15.1 Å². The maximum absolute atomic E-state index is 10.5. The predicted molar refractivity (Wildman–Crippen MR) is 49.1 cm³/mol. The molecular weight excluding hydrogens is 215 g/mol. The van der Waals surface area contributed by atoms with Crippen molar-refractivity contribution in [1.82, 2.24) is 0 Å². The average Bonchev–Trinajstić information content (AvgIpc) is 1.96. The standard InChI is InChI=1S/C8H18O4S.Na/c1-3-4-5-6-7-8(2,9)13(10,11)12;/h9H,3-7H2,1-2H3,(H,10,11,12);/q;+1/p-1. The first-order chi connectivity index (χ1) is 5.81. The number of hydrogen-bond donors (Lipinski definition) is 1. The van der Waals surface area contributed by atoms with Crippen LogP contribution in [0.2, 0.25) is 0 Å². The fourth-order valence-electron chi connectivity index (χ4n) is 1.00. The molecule has 0 bridgehead atoms. The van der Waals surface area contributed by atoms with Crippen LogP contribution in [0.4, 0.5) is 0 Å². The third-order valence-electron chi connectivity index (χ3n) is 2.03. The van der Waals surface area contributed by atoms with Crippen LogP contribution in [0.25, 0.3) is 0 Å². The molecule has 0 aromatic heterocycles. The van der Waals surface area contributed by atoms with E-state index in [0.717, 1.165) is 26.2 Å². The van der Waals surface area contributed by atoms with Gasteiger partial charge in [0.2, 0.25) is 0 Å². The van der Waals surface area contributed by atoms with E-state index in [2.05, 4.69) is 0 Å². The second kappa shape index (κ2) is 7.19. The van der Waals surface area contributed by atoms with Gasteiger partial charge in [0.25, 0.3) is 0 Å². The van der Waals surface area contributed by atoms with E-state index in [1.54, 1.807) is 0 Å². The van der Waals surface area contributed by atoms with Crippen molar-refractivity contribution < 1.29 is 47.6 Å². The van der Waals surface area contributed by atoms with Crippen LogP contribution < -0.4 is 29.6 Å². The van der Waals surface area contributed by atoms with Crippen molar-refractivity contribution in [3.63, 3.8) is 0 Å². The minimum absolute atomic E-state index is 0. The van der Waals surface area contributed by atoms with Crippen molar-refractivity contribution in [3.8, 4) is 0 Å². The van der Waals surface area contributed by atoms with Crippen LogP contribution in [-0.4, -0.2) is 23.0 Å². The maximum Gasteiger partial charge on any atom is 1.00 e.